The Morgan fingerprint density at radius 3 is 1.36 bits per heavy atom. The molecule has 0 radical (unpaired) electrons. The van der Waals surface area contributed by atoms with E-state index in [2.05, 4.69) is 35.1 Å². The Bertz CT molecular complexity index is 2020. The van der Waals surface area contributed by atoms with Gasteiger partial charge < -0.3 is 31.6 Å². The molecule has 4 fully saturated rings. The maximum atomic E-state index is 13.0. The zero-order valence-corrected chi connectivity index (χ0v) is 35.9. The van der Waals surface area contributed by atoms with E-state index in [1.54, 1.807) is 49.3 Å². The Kier molecular flexibility index (Phi) is 27.1. The number of aromatic nitrogens is 4. The normalized spacial score (nSPS) is 17.1. The average Bonchev–Trinajstić information content (AvgIpc) is 3.31. The molecule has 0 atom stereocenters. The number of anilines is 2. The monoisotopic (exact) mass is 903 g/mol. The van der Waals surface area contributed by atoms with Gasteiger partial charge in [0, 0.05) is 80.6 Å². The second kappa shape index (κ2) is 30.3. The van der Waals surface area contributed by atoms with Crippen LogP contribution in [-0.2, 0) is 22.7 Å². The number of pyridine rings is 4. The van der Waals surface area contributed by atoms with Gasteiger partial charge in [0.15, 0.2) is 11.6 Å². The maximum absolute atomic E-state index is 13.0. The van der Waals surface area contributed by atoms with E-state index >= 15 is 0 Å². The Morgan fingerprint density at radius 2 is 0.970 bits per heavy atom. The van der Waals surface area contributed by atoms with Crippen LogP contribution in [0.2, 0.25) is 0 Å². The molecule has 0 bridgehead atoms. The summed E-state index contributed by atoms with van der Waals surface area (Å²) in [7, 11) is 0. The number of nitrogens with zero attached hydrogens (tertiary/aromatic N) is 7. The van der Waals surface area contributed by atoms with Crippen LogP contribution in [0.25, 0.3) is 0 Å². The number of amides is 1. The molecule has 16 heteroatoms. The number of nitrogens with one attached hydrogen (secondary N) is 1. The smallest absolute Gasteiger partial charge is 0.550 e. The number of rotatable bonds is 10. The van der Waals surface area contributed by atoms with Crippen LogP contribution in [0.15, 0.2) is 85.7 Å². The average molecular weight is 903 g/mol. The fourth-order valence-electron chi connectivity index (χ4n) is 8.45. The summed E-state index contributed by atoms with van der Waals surface area (Å²) < 4.78 is 0. The predicted octanol–water partition coefficient (Wildman–Crippen LogP) is 2.83. The van der Waals surface area contributed by atoms with Crippen LogP contribution in [0.3, 0.4) is 0 Å². The molecule has 356 valence electrons. The second-order valence-corrected chi connectivity index (χ2v) is 16.4. The summed E-state index contributed by atoms with van der Waals surface area (Å²) in [5.74, 6) is -0.434. The molecule has 4 aromatic heterocycles. The molecule has 15 nitrogen and oxygen atoms in total. The predicted molar refractivity (Wildman–Crippen MR) is 257 cm³/mol. The Morgan fingerprint density at radius 1 is 0.561 bits per heavy atom. The van der Waals surface area contributed by atoms with Gasteiger partial charge in [0.25, 0.3) is 0 Å². The standard InChI is InChI=1S/C23H29N5O2.C12H17N3O2.C11H14N2O.4CH4.Li/c24-20-15-25-10-4-19(20)16-27-11-5-18(6-12-27)23(30)28-13-7-17(8-14-28)22(29)21-3-1-2-9-26-21;13-11-7-14-4-1-10(11)8-15-5-2-9(3-6-15)12(16)17;14-11(9-4-7-12-8-5-9)10-3-1-2-6-13-10;;;;;/h1-4,9-10,15,17-18H,5-8,11-14,16,24H2;1,4,7,9H,2-3,5-6,8,13H2,(H,16,17);1-3,6,9,12H,4-5,7-8H2;4*1H4;/q;;;;;;;+1/p-1. The van der Waals surface area contributed by atoms with Crippen molar-refractivity contribution in [1.29, 1.82) is 0 Å². The number of carbonyl (C=O) groups excluding carboxylic acids is 4. The number of likely N-dealkylation sites (tertiary alicyclic amines) is 3. The molecule has 0 aromatic carbocycles. The molecule has 0 spiro atoms. The van der Waals surface area contributed by atoms with Crippen molar-refractivity contribution < 1.29 is 43.1 Å². The second-order valence-electron chi connectivity index (χ2n) is 16.4. The molecule has 8 heterocycles. The van der Waals surface area contributed by atoms with Crippen LogP contribution < -0.4 is 40.8 Å². The van der Waals surface area contributed by atoms with E-state index in [1.165, 1.54) is 0 Å². The summed E-state index contributed by atoms with van der Waals surface area (Å²) in [6.45, 7) is 8.13. The molecule has 4 aliphatic rings. The molecule has 5 N–H and O–H groups in total. The van der Waals surface area contributed by atoms with Gasteiger partial charge in [-0.3, -0.25) is 44.1 Å². The summed E-state index contributed by atoms with van der Waals surface area (Å²) in [6, 6.07) is 14.8. The molecular formula is C50H75LiN10O5. The van der Waals surface area contributed by atoms with Crippen molar-refractivity contribution in [1.82, 2.24) is 40.0 Å². The van der Waals surface area contributed by atoms with Gasteiger partial charge in [-0.2, -0.15) is 0 Å². The quantitative estimate of drug-likeness (QED) is 0.154. The minimum atomic E-state index is -0.923. The molecule has 4 saturated heterocycles. The van der Waals surface area contributed by atoms with Crippen molar-refractivity contribution in [3.05, 3.63) is 108 Å². The number of carbonyl (C=O) groups is 4. The van der Waals surface area contributed by atoms with E-state index in [0.717, 1.165) is 108 Å². The number of Topliss-reactive ketones (excluding diaryl/α,β-unsaturated/α-hetero) is 2. The number of piperidine rings is 4. The first kappa shape index (κ1) is 59.0. The summed E-state index contributed by atoms with van der Waals surface area (Å²) in [5.41, 5.74) is 16.5. The number of ketones is 2. The summed E-state index contributed by atoms with van der Waals surface area (Å²) in [4.78, 5) is 71.0. The largest absolute Gasteiger partial charge is 1.00 e. The van der Waals surface area contributed by atoms with E-state index in [0.29, 0.717) is 43.0 Å². The summed E-state index contributed by atoms with van der Waals surface area (Å²) in [6.07, 6.45) is 16.5. The minimum Gasteiger partial charge on any atom is -0.550 e. The molecule has 8 rings (SSSR count). The fourth-order valence-corrected chi connectivity index (χ4v) is 8.45. The van der Waals surface area contributed by atoms with Crippen LogP contribution in [-0.4, -0.2) is 110 Å². The van der Waals surface area contributed by atoms with Gasteiger partial charge in [-0.25, -0.2) is 0 Å². The van der Waals surface area contributed by atoms with Gasteiger partial charge in [0.05, 0.1) is 23.8 Å². The minimum absolute atomic E-state index is 0. The van der Waals surface area contributed by atoms with Crippen LogP contribution >= 0.6 is 0 Å². The van der Waals surface area contributed by atoms with E-state index in [-0.39, 0.29) is 89.7 Å². The first-order chi connectivity index (χ1) is 29.7. The topological polar surface area (TPSA) is 217 Å². The Labute approximate surface area is 406 Å². The fraction of sp³-hybridized carbons (Fsp3) is 0.520. The van der Waals surface area contributed by atoms with Crippen LogP contribution in [0.5, 0.6) is 0 Å². The van der Waals surface area contributed by atoms with Crippen molar-refractivity contribution in [3.8, 4) is 0 Å². The van der Waals surface area contributed by atoms with Crippen LogP contribution in [0.4, 0.5) is 11.4 Å². The first-order valence-electron chi connectivity index (χ1n) is 21.6. The van der Waals surface area contributed by atoms with Crippen molar-refractivity contribution >= 4 is 34.8 Å². The van der Waals surface area contributed by atoms with Gasteiger partial charge in [-0.15, -0.1) is 0 Å². The first-order valence-corrected chi connectivity index (χ1v) is 21.6. The number of nitrogen functional groups attached to an aromatic ring is 2. The van der Waals surface area contributed by atoms with Crippen molar-refractivity contribution in [2.24, 2.45) is 23.7 Å². The van der Waals surface area contributed by atoms with Crippen molar-refractivity contribution in [3.63, 3.8) is 0 Å². The van der Waals surface area contributed by atoms with Gasteiger partial charge in [0.1, 0.15) is 11.4 Å². The van der Waals surface area contributed by atoms with Crippen LogP contribution in [0, 0.1) is 23.7 Å². The van der Waals surface area contributed by atoms with Gasteiger partial charge in [0.2, 0.25) is 5.91 Å². The summed E-state index contributed by atoms with van der Waals surface area (Å²) in [5, 5.41) is 14.0. The number of carboxylic acid groups (broad SMARTS) is 1. The van der Waals surface area contributed by atoms with Crippen molar-refractivity contribution in [2.45, 2.75) is 94.2 Å². The number of hydrogen-bond donors (Lipinski definition) is 3. The zero-order valence-electron chi connectivity index (χ0n) is 35.9. The van der Waals surface area contributed by atoms with Gasteiger partial charge >= 0.3 is 18.9 Å². The summed E-state index contributed by atoms with van der Waals surface area (Å²) >= 11 is 0. The van der Waals surface area contributed by atoms with Gasteiger partial charge in [-0.1, -0.05) is 41.8 Å². The third kappa shape index (κ3) is 17.3. The van der Waals surface area contributed by atoms with Gasteiger partial charge in [-0.05, 0) is 138 Å². The Hall–Kier alpha value is -5.04. The Balaban J connectivity index is 0.000000519. The maximum Gasteiger partial charge on any atom is 1.00 e. The zero-order chi connectivity index (χ0) is 43.0. The number of aliphatic carboxylic acids is 1. The molecule has 0 aliphatic carbocycles. The van der Waals surface area contributed by atoms with Crippen molar-refractivity contribution in [2.75, 3.05) is 63.8 Å². The molecule has 0 unspecified atom stereocenters. The number of hydrogen-bond acceptors (Lipinski definition) is 14. The number of carboxylic acids is 1. The van der Waals surface area contributed by atoms with E-state index in [1.807, 2.05) is 41.3 Å². The molecule has 4 aromatic rings. The van der Waals surface area contributed by atoms with Crippen LogP contribution in [0.1, 0.15) is 113 Å². The van der Waals surface area contributed by atoms with E-state index in [4.69, 9.17) is 11.5 Å². The molecular weight excluding hydrogens is 828 g/mol. The third-order valence-electron chi connectivity index (χ3n) is 12.3. The van der Waals surface area contributed by atoms with E-state index < -0.39 is 5.97 Å². The SMILES string of the molecule is C.C.C.C.Nc1cnccc1CN1CCC(C(=O)N2CCC(C(=O)c3ccccn3)CC2)CC1.Nc1cnccc1CN1CCC(C(=O)[O-])CC1.O=C(c1ccccn1)C1CCNCC1.[Li+]. The van der Waals surface area contributed by atoms with E-state index in [9.17, 15) is 24.3 Å². The molecule has 4 aliphatic heterocycles. The molecule has 66 heavy (non-hydrogen) atoms. The third-order valence-corrected chi connectivity index (χ3v) is 12.3. The molecule has 0 saturated carbocycles. The number of nitrogens with two attached hydrogens (primary N) is 2. The molecule has 1 amide bonds.